The van der Waals surface area contributed by atoms with Gasteiger partial charge in [-0.2, -0.15) is 0 Å². The van der Waals surface area contributed by atoms with Crippen LogP contribution in [0.5, 0.6) is 0 Å². The van der Waals surface area contributed by atoms with Crippen LogP contribution in [0.3, 0.4) is 0 Å². The summed E-state index contributed by atoms with van der Waals surface area (Å²) in [4.78, 5) is 27.7. The van der Waals surface area contributed by atoms with E-state index in [1.54, 1.807) is 6.92 Å². The number of methoxy groups -OCH3 is 1. The van der Waals surface area contributed by atoms with Crippen LogP contribution in [-0.2, 0) is 14.3 Å². The molecule has 2 atom stereocenters. The highest BCUT2D eigenvalue weighted by Crippen LogP contribution is 2.27. The second kappa shape index (κ2) is 7.59. The molecule has 0 bridgehead atoms. The fourth-order valence-corrected chi connectivity index (χ4v) is 3.33. The van der Waals surface area contributed by atoms with Crippen molar-refractivity contribution in [3.8, 4) is 0 Å². The zero-order chi connectivity index (χ0) is 17.0. The number of carbonyl (C=O) groups is 2. The van der Waals surface area contributed by atoms with Crippen molar-refractivity contribution in [1.82, 2.24) is 9.80 Å². The Morgan fingerprint density at radius 2 is 2.09 bits per heavy atom. The molecule has 23 heavy (non-hydrogen) atoms. The third-order valence-corrected chi connectivity index (χ3v) is 4.63. The van der Waals surface area contributed by atoms with Gasteiger partial charge in [-0.15, -0.1) is 0 Å². The summed E-state index contributed by atoms with van der Waals surface area (Å²) >= 11 is 0. The van der Waals surface area contributed by atoms with E-state index >= 15 is 0 Å². The lowest BCUT2D eigenvalue weighted by atomic mass is 9.99. The van der Waals surface area contributed by atoms with Crippen LogP contribution < -0.4 is 0 Å². The van der Waals surface area contributed by atoms with Crippen LogP contribution >= 0.6 is 0 Å². The molecule has 1 aromatic carbocycles. The molecule has 0 radical (unpaired) electrons. The fourth-order valence-electron chi connectivity index (χ4n) is 3.33. The molecule has 1 amide bonds. The zero-order valence-corrected chi connectivity index (χ0v) is 14.4. The van der Waals surface area contributed by atoms with Gasteiger partial charge in [0.25, 0.3) is 0 Å². The fraction of sp³-hybridized carbons (Fsp3) is 0.556. The minimum atomic E-state index is -0.410. The SMILES string of the molecule is COC(=O)[C@H](c1ccccc1C)N(C)C[C@@H]1CCN(C(C)=O)C1. The molecule has 126 valence electrons. The van der Waals surface area contributed by atoms with E-state index in [2.05, 4.69) is 0 Å². The molecule has 1 heterocycles. The Bertz CT molecular complexity index is 573. The molecule has 0 aromatic heterocycles. The standard InChI is InChI=1S/C18H26N2O3/c1-13-7-5-6-8-16(13)17(18(22)23-4)19(3)11-15-9-10-20(12-15)14(2)21/h5-8,15,17H,9-12H2,1-4H3/t15-,17-/m0/s1. The minimum Gasteiger partial charge on any atom is -0.468 e. The summed E-state index contributed by atoms with van der Waals surface area (Å²) in [7, 11) is 3.37. The third kappa shape index (κ3) is 4.10. The highest BCUT2D eigenvalue weighted by molar-refractivity contribution is 5.78. The third-order valence-electron chi connectivity index (χ3n) is 4.63. The largest absolute Gasteiger partial charge is 0.468 e. The van der Waals surface area contributed by atoms with Crippen LogP contribution in [0.15, 0.2) is 24.3 Å². The number of esters is 1. The minimum absolute atomic E-state index is 0.124. The number of rotatable bonds is 5. The first-order valence-electron chi connectivity index (χ1n) is 8.03. The summed E-state index contributed by atoms with van der Waals surface area (Å²) in [6.07, 6.45) is 0.978. The van der Waals surface area contributed by atoms with E-state index < -0.39 is 6.04 Å². The van der Waals surface area contributed by atoms with Gasteiger partial charge in [-0.1, -0.05) is 24.3 Å². The van der Waals surface area contributed by atoms with Gasteiger partial charge in [0.05, 0.1) is 7.11 Å². The summed E-state index contributed by atoms with van der Waals surface area (Å²) in [5, 5.41) is 0. The van der Waals surface area contributed by atoms with Crippen LogP contribution in [0.1, 0.15) is 30.5 Å². The summed E-state index contributed by atoms with van der Waals surface area (Å²) in [5.74, 6) is 0.266. The van der Waals surface area contributed by atoms with Gasteiger partial charge in [0.15, 0.2) is 0 Å². The molecule has 1 saturated heterocycles. The molecule has 0 unspecified atom stereocenters. The van der Waals surface area contributed by atoms with Crippen molar-refractivity contribution in [3.63, 3.8) is 0 Å². The number of hydrogen-bond acceptors (Lipinski definition) is 4. The van der Waals surface area contributed by atoms with Crippen LogP contribution in [0.2, 0.25) is 0 Å². The smallest absolute Gasteiger partial charge is 0.327 e. The van der Waals surface area contributed by atoms with Gasteiger partial charge in [-0.25, -0.2) is 4.79 Å². The molecule has 0 N–H and O–H groups in total. The monoisotopic (exact) mass is 318 g/mol. The maximum absolute atomic E-state index is 12.3. The molecule has 1 aliphatic heterocycles. The first-order chi connectivity index (χ1) is 10.9. The van der Waals surface area contributed by atoms with Crippen molar-refractivity contribution in [2.24, 2.45) is 5.92 Å². The number of likely N-dealkylation sites (tertiary alicyclic amines) is 1. The highest BCUT2D eigenvalue weighted by atomic mass is 16.5. The lowest BCUT2D eigenvalue weighted by Gasteiger charge is -2.29. The van der Waals surface area contributed by atoms with Gasteiger partial charge >= 0.3 is 5.97 Å². The topological polar surface area (TPSA) is 49.9 Å². The van der Waals surface area contributed by atoms with Crippen LogP contribution in [0.25, 0.3) is 0 Å². The first-order valence-corrected chi connectivity index (χ1v) is 8.03. The second-order valence-electron chi connectivity index (χ2n) is 6.34. The number of amides is 1. The number of ether oxygens (including phenoxy) is 1. The molecule has 0 aliphatic carbocycles. The molecular formula is C18H26N2O3. The van der Waals surface area contributed by atoms with E-state index in [0.29, 0.717) is 5.92 Å². The molecule has 1 aromatic rings. The molecule has 2 rings (SSSR count). The maximum atomic E-state index is 12.3. The first kappa shape index (κ1) is 17.5. The van der Waals surface area contributed by atoms with Gasteiger partial charge in [-0.05, 0) is 37.4 Å². The van der Waals surface area contributed by atoms with Crippen molar-refractivity contribution in [1.29, 1.82) is 0 Å². The van der Waals surface area contributed by atoms with Crippen molar-refractivity contribution < 1.29 is 14.3 Å². The number of nitrogens with zero attached hydrogens (tertiary/aromatic N) is 2. The van der Waals surface area contributed by atoms with E-state index in [4.69, 9.17) is 4.74 Å². The lowest BCUT2D eigenvalue weighted by molar-refractivity contribution is -0.147. The predicted octanol–water partition coefficient (Wildman–Crippen LogP) is 2.01. The summed E-state index contributed by atoms with van der Waals surface area (Å²) in [6, 6.07) is 7.48. The summed E-state index contributed by atoms with van der Waals surface area (Å²) < 4.78 is 5.02. The van der Waals surface area contributed by atoms with Crippen molar-refractivity contribution >= 4 is 11.9 Å². The molecule has 5 nitrogen and oxygen atoms in total. The Labute approximate surface area is 138 Å². The summed E-state index contributed by atoms with van der Waals surface area (Å²) in [6.45, 7) is 5.95. The Hall–Kier alpha value is -1.88. The second-order valence-corrected chi connectivity index (χ2v) is 6.34. The van der Waals surface area contributed by atoms with Gasteiger partial charge in [0.2, 0.25) is 5.91 Å². The molecule has 5 heteroatoms. The van der Waals surface area contributed by atoms with Crippen LogP contribution in [0, 0.1) is 12.8 Å². The quantitative estimate of drug-likeness (QED) is 0.779. The molecule has 0 spiro atoms. The number of carbonyl (C=O) groups excluding carboxylic acids is 2. The van der Waals surface area contributed by atoms with E-state index in [0.717, 1.165) is 37.2 Å². The van der Waals surface area contributed by atoms with Gasteiger partial charge in [-0.3, -0.25) is 9.69 Å². The number of likely N-dealkylation sites (N-methyl/N-ethyl adjacent to an activating group) is 1. The Balaban J connectivity index is 2.12. The zero-order valence-electron chi connectivity index (χ0n) is 14.4. The molecule has 1 aliphatic rings. The van der Waals surface area contributed by atoms with Crippen LogP contribution in [0.4, 0.5) is 0 Å². The van der Waals surface area contributed by atoms with Gasteiger partial charge < -0.3 is 9.64 Å². The highest BCUT2D eigenvalue weighted by Gasteiger charge is 2.31. The number of benzene rings is 1. The molecule has 1 fully saturated rings. The van der Waals surface area contributed by atoms with Gasteiger partial charge in [0, 0.05) is 26.6 Å². The summed E-state index contributed by atoms with van der Waals surface area (Å²) in [5.41, 5.74) is 2.05. The Morgan fingerprint density at radius 1 is 1.39 bits per heavy atom. The van der Waals surface area contributed by atoms with Gasteiger partial charge in [0.1, 0.15) is 6.04 Å². The average Bonchev–Trinajstić information content (AvgIpc) is 2.98. The molecular weight excluding hydrogens is 292 g/mol. The van der Waals surface area contributed by atoms with E-state index in [1.807, 2.05) is 48.0 Å². The average molecular weight is 318 g/mol. The van der Waals surface area contributed by atoms with Crippen molar-refractivity contribution in [3.05, 3.63) is 35.4 Å². The van der Waals surface area contributed by atoms with E-state index in [9.17, 15) is 9.59 Å². The van der Waals surface area contributed by atoms with E-state index in [1.165, 1.54) is 7.11 Å². The van der Waals surface area contributed by atoms with Crippen molar-refractivity contribution in [2.45, 2.75) is 26.3 Å². The lowest BCUT2D eigenvalue weighted by Crippen LogP contribution is -2.36. The Morgan fingerprint density at radius 3 is 2.65 bits per heavy atom. The maximum Gasteiger partial charge on any atom is 0.327 e. The van der Waals surface area contributed by atoms with E-state index in [-0.39, 0.29) is 11.9 Å². The Kier molecular flexibility index (Phi) is 5.77. The van der Waals surface area contributed by atoms with Crippen LogP contribution in [-0.4, -0.2) is 55.5 Å². The molecule has 0 saturated carbocycles. The number of aryl methyl sites for hydroxylation is 1. The predicted molar refractivity (Wildman–Crippen MR) is 88.9 cm³/mol. The van der Waals surface area contributed by atoms with Crippen molar-refractivity contribution in [2.75, 3.05) is 33.8 Å². The number of hydrogen-bond donors (Lipinski definition) is 0. The normalized spacial score (nSPS) is 19.0.